The van der Waals surface area contributed by atoms with E-state index in [2.05, 4.69) is 56.4 Å². The molecule has 0 heterocycles. The molecule has 0 aliphatic carbocycles. The van der Waals surface area contributed by atoms with Crippen molar-refractivity contribution in [1.29, 1.82) is 0 Å². The molecule has 114 valence electrons. The summed E-state index contributed by atoms with van der Waals surface area (Å²) in [4.78, 5) is 0. The molecule has 0 radical (unpaired) electrons. The Morgan fingerprint density at radius 3 is 2.45 bits per heavy atom. The molecule has 0 aromatic heterocycles. The first kappa shape index (κ1) is 17.5. The maximum atomic E-state index is 8.99. The Labute approximate surface area is 128 Å². The van der Waals surface area contributed by atoms with Gasteiger partial charge in [-0.2, -0.15) is 11.8 Å². The van der Waals surface area contributed by atoms with Crippen molar-refractivity contribution < 1.29 is 5.11 Å². The fourth-order valence-electron chi connectivity index (χ4n) is 2.34. The molecule has 0 bridgehead atoms. The maximum absolute atomic E-state index is 8.99. The number of nitrogens with one attached hydrogen (secondary N) is 1. The third-order valence-corrected chi connectivity index (χ3v) is 5.10. The average molecular weight is 295 g/mol. The van der Waals surface area contributed by atoms with E-state index in [0.717, 1.165) is 25.1 Å². The minimum atomic E-state index is 0.288. The molecule has 0 aliphatic heterocycles. The summed E-state index contributed by atoms with van der Waals surface area (Å²) in [5.41, 5.74) is 1.37. The Bertz CT molecular complexity index is 342. The molecule has 1 aromatic rings. The third-order valence-electron chi connectivity index (χ3n) is 3.37. The van der Waals surface area contributed by atoms with Crippen LogP contribution < -0.4 is 5.32 Å². The standard InChI is InChI=1S/C17H29NOS/c1-4-11-18-16(15-9-6-5-7-10-15)17(14(2)3)20-13-8-12-19/h5-7,9-10,14,16-19H,4,8,11-13H2,1-3H3. The van der Waals surface area contributed by atoms with E-state index < -0.39 is 0 Å². The molecular formula is C17H29NOS. The van der Waals surface area contributed by atoms with Gasteiger partial charge in [0.15, 0.2) is 0 Å². The van der Waals surface area contributed by atoms with E-state index in [0.29, 0.717) is 17.2 Å². The van der Waals surface area contributed by atoms with E-state index in [1.807, 2.05) is 11.8 Å². The summed E-state index contributed by atoms with van der Waals surface area (Å²) in [5.74, 6) is 1.63. The molecule has 0 aliphatic rings. The normalized spacial score (nSPS) is 14.4. The molecule has 2 nitrogen and oxygen atoms in total. The predicted molar refractivity (Wildman–Crippen MR) is 90.3 cm³/mol. The van der Waals surface area contributed by atoms with Gasteiger partial charge in [0.1, 0.15) is 0 Å². The van der Waals surface area contributed by atoms with Gasteiger partial charge in [0.25, 0.3) is 0 Å². The van der Waals surface area contributed by atoms with Crippen molar-refractivity contribution in [3.05, 3.63) is 35.9 Å². The second-order valence-electron chi connectivity index (χ2n) is 5.50. The smallest absolute Gasteiger partial charge is 0.0443 e. The molecule has 0 saturated heterocycles. The van der Waals surface area contributed by atoms with Gasteiger partial charge in [-0.15, -0.1) is 0 Å². The molecule has 2 N–H and O–H groups in total. The van der Waals surface area contributed by atoms with Crippen molar-refractivity contribution in [2.24, 2.45) is 5.92 Å². The van der Waals surface area contributed by atoms with Crippen molar-refractivity contribution in [3.8, 4) is 0 Å². The van der Waals surface area contributed by atoms with Crippen LogP contribution in [0.25, 0.3) is 0 Å². The van der Waals surface area contributed by atoms with Crippen LogP contribution in [-0.4, -0.2) is 29.3 Å². The van der Waals surface area contributed by atoms with Gasteiger partial charge in [-0.25, -0.2) is 0 Å². The summed E-state index contributed by atoms with van der Waals surface area (Å²) in [6.07, 6.45) is 2.03. The molecule has 0 fully saturated rings. The number of rotatable bonds is 10. The SMILES string of the molecule is CCCNC(c1ccccc1)C(SCCCO)C(C)C. The molecule has 20 heavy (non-hydrogen) atoms. The van der Waals surface area contributed by atoms with Crippen molar-refractivity contribution >= 4 is 11.8 Å². The lowest BCUT2D eigenvalue weighted by Crippen LogP contribution is -2.34. The van der Waals surface area contributed by atoms with Gasteiger partial charge in [-0.3, -0.25) is 0 Å². The Morgan fingerprint density at radius 2 is 1.90 bits per heavy atom. The van der Waals surface area contributed by atoms with Crippen LogP contribution in [0.15, 0.2) is 30.3 Å². The molecular weight excluding hydrogens is 266 g/mol. The summed E-state index contributed by atoms with van der Waals surface area (Å²) in [6.45, 7) is 8.12. The van der Waals surface area contributed by atoms with Gasteiger partial charge in [0.05, 0.1) is 0 Å². The minimum absolute atomic E-state index is 0.288. The first-order chi connectivity index (χ1) is 9.70. The van der Waals surface area contributed by atoms with E-state index in [-0.39, 0.29) is 6.61 Å². The zero-order valence-electron chi connectivity index (χ0n) is 13.0. The van der Waals surface area contributed by atoms with Crippen LogP contribution in [0.5, 0.6) is 0 Å². The van der Waals surface area contributed by atoms with Crippen molar-refractivity contribution in [2.75, 3.05) is 18.9 Å². The number of aliphatic hydroxyl groups is 1. The number of benzene rings is 1. The second kappa shape index (κ2) is 10.3. The highest BCUT2D eigenvalue weighted by Gasteiger charge is 2.25. The van der Waals surface area contributed by atoms with E-state index in [1.54, 1.807) is 0 Å². The summed E-state index contributed by atoms with van der Waals surface area (Å²) in [5, 5.41) is 13.2. The molecule has 0 amide bonds. The highest BCUT2D eigenvalue weighted by Crippen LogP contribution is 2.32. The number of hydrogen-bond donors (Lipinski definition) is 2. The Morgan fingerprint density at radius 1 is 1.20 bits per heavy atom. The Hall–Kier alpha value is -0.510. The minimum Gasteiger partial charge on any atom is -0.396 e. The summed E-state index contributed by atoms with van der Waals surface area (Å²) in [6, 6.07) is 11.1. The summed E-state index contributed by atoms with van der Waals surface area (Å²) in [7, 11) is 0. The highest BCUT2D eigenvalue weighted by atomic mass is 32.2. The lowest BCUT2D eigenvalue weighted by molar-refractivity contribution is 0.296. The number of thioether (sulfide) groups is 1. The van der Waals surface area contributed by atoms with Crippen LogP contribution in [0.4, 0.5) is 0 Å². The first-order valence-electron chi connectivity index (χ1n) is 7.71. The molecule has 0 saturated carbocycles. The van der Waals surface area contributed by atoms with Crippen LogP contribution in [-0.2, 0) is 0 Å². The van der Waals surface area contributed by atoms with E-state index in [9.17, 15) is 0 Å². The monoisotopic (exact) mass is 295 g/mol. The Balaban J connectivity index is 2.81. The lowest BCUT2D eigenvalue weighted by atomic mass is 9.96. The van der Waals surface area contributed by atoms with Gasteiger partial charge in [0, 0.05) is 17.9 Å². The zero-order chi connectivity index (χ0) is 14.8. The van der Waals surface area contributed by atoms with Gasteiger partial charge < -0.3 is 10.4 Å². The van der Waals surface area contributed by atoms with E-state index in [4.69, 9.17) is 5.11 Å². The summed E-state index contributed by atoms with van der Waals surface area (Å²) >= 11 is 1.99. The molecule has 1 rings (SSSR count). The quantitative estimate of drug-likeness (QED) is 0.643. The van der Waals surface area contributed by atoms with Crippen LogP contribution in [0, 0.1) is 5.92 Å². The largest absolute Gasteiger partial charge is 0.396 e. The topological polar surface area (TPSA) is 32.3 Å². The van der Waals surface area contributed by atoms with Crippen LogP contribution in [0.2, 0.25) is 0 Å². The fourth-order valence-corrected chi connectivity index (χ4v) is 3.74. The molecule has 0 spiro atoms. The van der Waals surface area contributed by atoms with Gasteiger partial charge in [0.2, 0.25) is 0 Å². The van der Waals surface area contributed by atoms with Crippen LogP contribution >= 0.6 is 11.8 Å². The molecule has 2 atom stereocenters. The van der Waals surface area contributed by atoms with Crippen LogP contribution in [0.1, 0.15) is 45.2 Å². The van der Waals surface area contributed by atoms with Gasteiger partial charge >= 0.3 is 0 Å². The maximum Gasteiger partial charge on any atom is 0.0443 e. The zero-order valence-corrected chi connectivity index (χ0v) is 13.8. The predicted octanol–water partition coefficient (Wildman–Crippen LogP) is 3.87. The first-order valence-corrected chi connectivity index (χ1v) is 8.76. The Kier molecular flexibility index (Phi) is 8.99. The number of aliphatic hydroxyl groups excluding tert-OH is 1. The fraction of sp³-hybridized carbons (Fsp3) is 0.647. The van der Waals surface area contributed by atoms with Gasteiger partial charge in [-0.05, 0) is 36.6 Å². The van der Waals surface area contributed by atoms with E-state index in [1.165, 1.54) is 5.56 Å². The number of hydrogen-bond acceptors (Lipinski definition) is 3. The third kappa shape index (κ3) is 5.86. The van der Waals surface area contributed by atoms with Crippen molar-refractivity contribution in [3.63, 3.8) is 0 Å². The second-order valence-corrected chi connectivity index (χ2v) is 6.78. The molecule has 2 unspecified atom stereocenters. The van der Waals surface area contributed by atoms with Crippen molar-refractivity contribution in [2.45, 2.75) is 44.9 Å². The summed E-state index contributed by atoms with van der Waals surface area (Å²) < 4.78 is 0. The van der Waals surface area contributed by atoms with Gasteiger partial charge in [-0.1, -0.05) is 51.1 Å². The highest BCUT2D eigenvalue weighted by molar-refractivity contribution is 7.99. The van der Waals surface area contributed by atoms with E-state index >= 15 is 0 Å². The molecule has 1 aromatic carbocycles. The van der Waals surface area contributed by atoms with Crippen LogP contribution in [0.3, 0.4) is 0 Å². The molecule has 3 heteroatoms. The van der Waals surface area contributed by atoms with Crippen molar-refractivity contribution in [1.82, 2.24) is 5.32 Å². The lowest BCUT2D eigenvalue weighted by Gasteiger charge is -2.31. The average Bonchev–Trinajstić information content (AvgIpc) is 2.46.